The second kappa shape index (κ2) is 8.48. The van der Waals surface area contributed by atoms with Crippen molar-refractivity contribution in [3.8, 4) is 5.75 Å². The van der Waals surface area contributed by atoms with Crippen molar-refractivity contribution in [3.63, 3.8) is 0 Å². The molecule has 23 heavy (non-hydrogen) atoms. The molecule has 0 aliphatic carbocycles. The standard InChI is InChI=1S/C18H23N3OS/c1-13(2)12-17(14-4-6-16(22-3)7-5-14)21-18(23)20-15-8-10-19-11-9-15/h4-11,13,17H,12H2,1-3H3,(H2,19,20,21,23)/t17-/m1/s1. The number of nitrogens with zero attached hydrogens (tertiary/aromatic N) is 1. The van der Waals surface area contributed by atoms with Gasteiger partial charge in [0.25, 0.3) is 0 Å². The Bertz CT molecular complexity index is 614. The van der Waals surface area contributed by atoms with Gasteiger partial charge < -0.3 is 15.4 Å². The maximum absolute atomic E-state index is 5.45. The van der Waals surface area contributed by atoms with E-state index in [0.29, 0.717) is 11.0 Å². The molecule has 0 saturated carbocycles. The molecule has 0 unspecified atom stereocenters. The third kappa shape index (κ3) is 5.53. The van der Waals surface area contributed by atoms with Crippen LogP contribution in [-0.2, 0) is 0 Å². The number of hydrogen-bond acceptors (Lipinski definition) is 3. The van der Waals surface area contributed by atoms with E-state index in [1.165, 1.54) is 5.56 Å². The Labute approximate surface area is 143 Å². The number of pyridine rings is 1. The molecule has 0 fully saturated rings. The van der Waals surface area contributed by atoms with E-state index in [9.17, 15) is 0 Å². The lowest BCUT2D eigenvalue weighted by Crippen LogP contribution is -2.33. The van der Waals surface area contributed by atoms with Crippen molar-refractivity contribution < 1.29 is 4.74 Å². The number of benzene rings is 1. The van der Waals surface area contributed by atoms with Crippen molar-refractivity contribution in [2.45, 2.75) is 26.3 Å². The molecule has 0 aliphatic heterocycles. The molecule has 122 valence electrons. The minimum Gasteiger partial charge on any atom is -0.497 e. The molecule has 2 rings (SSSR count). The first kappa shape index (κ1) is 17.2. The zero-order valence-electron chi connectivity index (χ0n) is 13.7. The highest BCUT2D eigenvalue weighted by molar-refractivity contribution is 7.80. The lowest BCUT2D eigenvalue weighted by molar-refractivity contribution is 0.414. The minimum absolute atomic E-state index is 0.155. The van der Waals surface area contributed by atoms with E-state index in [2.05, 4.69) is 41.6 Å². The topological polar surface area (TPSA) is 46.2 Å². The minimum atomic E-state index is 0.155. The summed E-state index contributed by atoms with van der Waals surface area (Å²) in [5.41, 5.74) is 2.12. The molecule has 0 aliphatic rings. The maximum Gasteiger partial charge on any atom is 0.171 e. The van der Waals surface area contributed by atoms with Crippen molar-refractivity contribution in [1.29, 1.82) is 0 Å². The molecule has 4 nitrogen and oxygen atoms in total. The number of hydrogen-bond donors (Lipinski definition) is 2. The average Bonchev–Trinajstić information content (AvgIpc) is 2.55. The molecule has 5 heteroatoms. The molecule has 1 atom stereocenters. The van der Waals surface area contributed by atoms with Gasteiger partial charge in [-0.2, -0.15) is 0 Å². The third-order valence-electron chi connectivity index (χ3n) is 3.47. The first-order chi connectivity index (χ1) is 11.1. The molecule has 0 bridgehead atoms. The number of thiocarbonyl (C=S) groups is 1. The Morgan fingerprint density at radius 3 is 2.35 bits per heavy atom. The van der Waals surface area contributed by atoms with Crippen LogP contribution in [0.25, 0.3) is 0 Å². The maximum atomic E-state index is 5.45. The number of anilines is 1. The Hall–Kier alpha value is -2.14. The average molecular weight is 329 g/mol. The molecule has 0 spiro atoms. The number of rotatable bonds is 6. The highest BCUT2D eigenvalue weighted by Gasteiger charge is 2.15. The second-order valence-electron chi connectivity index (χ2n) is 5.79. The van der Waals surface area contributed by atoms with Gasteiger partial charge in [-0.05, 0) is 54.4 Å². The fraction of sp³-hybridized carbons (Fsp3) is 0.333. The SMILES string of the molecule is COc1ccc([C@@H](CC(C)C)NC(=S)Nc2ccncc2)cc1. The fourth-order valence-corrected chi connectivity index (χ4v) is 2.61. The quantitative estimate of drug-likeness (QED) is 0.779. The number of aromatic nitrogens is 1. The summed E-state index contributed by atoms with van der Waals surface area (Å²) in [5, 5.41) is 7.21. The Morgan fingerprint density at radius 1 is 1.13 bits per heavy atom. The van der Waals surface area contributed by atoms with Gasteiger partial charge in [-0.1, -0.05) is 26.0 Å². The van der Waals surface area contributed by atoms with E-state index in [0.717, 1.165) is 17.9 Å². The lowest BCUT2D eigenvalue weighted by atomic mass is 9.97. The predicted molar refractivity (Wildman–Crippen MR) is 98.8 cm³/mol. The van der Waals surface area contributed by atoms with Crippen LogP contribution < -0.4 is 15.4 Å². The first-order valence-corrected chi connectivity index (χ1v) is 8.11. The molecule has 2 aromatic rings. The summed E-state index contributed by atoms with van der Waals surface area (Å²) in [5.74, 6) is 1.41. The molecule has 1 aromatic carbocycles. The van der Waals surface area contributed by atoms with Gasteiger partial charge in [-0.25, -0.2) is 0 Å². The molecular weight excluding hydrogens is 306 g/mol. The Morgan fingerprint density at radius 2 is 1.78 bits per heavy atom. The van der Waals surface area contributed by atoms with E-state index in [4.69, 9.17) is 17.0 Å². The van der Waals surface area contributed by atoms with Crippen LogP contribution in [-0.4, -0.2) is 17.2 Å². The number of methoxy groups -OCH3 is 1. The van der Waals surface area contributed by atoms with Gasteiger partial charge in [0.1, 0.15) is 5.75 Å². The van der Waals surface area contributed by atoms with E-state index < -0.39 is 0 Å². The smallest absolute Gasteiger partial charge is 0.171 e. The zero-order chi connectivity index (χ0) is 16.7. The van der Waals surface area contributed by atoms with Gasteiger partial charge >= 0.3 is 0 Å². The van der Waals surface area contributed by atoms with Crippen molar-refractivity contribution in [1.82, 2.24) is 10.3 Å². The zero-order valence-corrected chi connectivity index (χ0v) is 14.6. The van der Waals surface area contributed by atoms with Crippen molar-refractivity contribution in [2.24, 2.45) is 5.92 Å². The van der Waals surface area contributed by atoms with Gasteiger partial charge in [-0.3, -0.25) is 4.98 Å². The van der Waals surface area contributed by atoms with Gasteiger partial charge in [0.15, 0.2) is 5.11 Å². The monoisotopic (exact) mass is 329 g/mol. The molecule has 1 aromatic heterocycles. The lowest BCUT2D eigenvalue weighted by Gasteiger charge is -2.23. The molecule has 0 saturated heterocycles. The summed E-state index contributed by atoms with van der Waals surface area (Å²) in [6, 6.07) is 12.0. The van der Waals surface area contributed by atoms with Crippen molar-refractivity contribution in [2.75, 3.05) is 12.4 Å². The number of nitrogens with one attached hydrogen (secondary N) is 2. The van der Waals surface area contributed by atoms with Crippen LogP contribution in [0.3, 0.4) is 0 Å². The normalized spacial score (nSPS) is 11.8. The van der Waals surface area contributed by atoms with Crippen LogP contribution in [0, 0.1) is 5.92 Å². The first-order valence-electron chi connectivity index (χ1n) is 7.70. The molecule has 1 heterocycles. The summed E-state index contributed by atoms with van der Waals surface area (Å²) in [7, 11) is 1.67. The van der Waals surface area contributed by atoms with E-state index >= 15 is 0 Å². The fourth-order valence-electron chi connectivity index (χ4n) is 2.35. The summed E-state index contributed by atoms with van der Waals surface area (Å²) >= 11 is 5.45. The van der Waals surface area contributed by atoms with Crippen LogP contribution in [0.1, 0.15) is 31.9 Å². The second-order valence-corrected chi connectivity index (χ2v) is 6.20. The summed E-state index contributed by atoms with van der Waals surface area (Å²) in [6.45, 7) is 4.41. The number of ether oxygens (including phenoxy) is 1. The predicted octanol–water partition coefficient (Wildman–Crippen LogP) is 4.16. The van der Waals surface area contributed by atoms with Gasteiger partial charge in [-0.15, -0.1) is 0 Å². The van der Waals surface area contributed by atoms with E-state index in [-0.39, 0.29) is 6.04 Å². The summed E-state index contributed by atoms with van der Waals surface area (Å²) in [4.78, 5) is 4.00. The molecule has 0 radical (unpaired) electrons. The van der Waals surface area contributed by atoms with Crippen molar-refractivity contribution in [3.05, 3.63) is 54.4 Å². The van der Waals surface area contributed by atoms with Gasteiger partial charge in [0.05, 0.1) is 13.2 Å². The summed E-state index contributed by atoms with van der Waals surface area (Å²) in [6.07, 6.45) is 4.46. The van der Waals surface area contributed by atoms with Crippen LogP contribution in [0.15, 0.2) is 48.8 Å². The largest absolute Gasteiger partial charge is 0.497 e. The van der Waals surface area contributed by atoms with Gasteiger partial charge in [0, 0.05) is 18.1 Å². The molecular formula is C18H23N3OS. The van der Waals surface area contributed by atoms with Crippen LogP contribution in [0.5, 0.6) is 5.75 Å². The highest BCUT2D eigenvalue weighted by Crippen LogP contribution is 2.23. The van der Waals surface area contributed by atoms with Crippen LogP contribution in [0.2, 0.25) is 0 Å². The van der Waals surface area contributed by atoms with E-state index in [1.807, 2.05) is 24.3 Å². The van der Waals surface area contributed by atoms with Crippen LogP contribution in [0.4, 0.5) is 5.69 Å². The third-order valence-corrected chi connectivity index (χ3v) is 3.69. The Balaban J connectivity index is 2.06. The highest BCUT2D eigenvalue weighted by atomic mass is 32.1. The molecule has 0 amide bonds. The summed E-state index contributed by atoms with van der Waals surface area (Å²) < 4.78 is 5.23. The molecule has 2 N–H and O–H groups in total. The van der Waals surface area contributed by atoms with Crippen molar-refractivity contribution >= 4 is 23.0 Å². The van der Waals surface area contributed by atoms with Gasteiger partial charge in [0.2, 0.25) is 0 Å². The van der Waals surface area contributed by atoms with E-state index in [1.54, 1.807) is 19.5 Å². The van der Waals surface area contributed by atoms with Crippen LogP contribution >= 0.6 is 12.2 Å². The Kier molecular flexibility index (Phi) is 6.35.